The van der Waals surface area contributed by atoms with Crippen molar-refractivity contribution in [3.8, 4) is 0 Å². The summed E-state index contributed by atoms with van der Waals surface area (Å²) in [6.07, 6.45) is 0. The van der Waals surface area contributed by atoms with E-state index in [-0.39, 0.29) is 5.17 Å². The largest absolute Gasteiger partial charge is 0.379 e. The Kier molecular flexibility index (Phi) is 5.11. The molecule has 0 heterocycles. The molecule has 1 aromatic carbocycles. The SMILES string of the molecule is N=C(N)SCCOCc1ccccc1. The number of hydrogen-bond acceptors (Lipinski definition) is 3. The second-order valence-electron chi connectivity index (χ2n) is 2.75. The van der Waals surface area contributed by atoms with Crippen molar-refractivity contribution in [3.63, 3.8) is 0 Å². The maximum Gasteiger partial charge on any atom is 0.151 e. The Bertz CT molecular complexity index is 277. The Morgan fingerprint density at radius 2 is 2.07 bits per heavy atom. The summed E-state index contributed by atoms with van der Waals surface area (Å²) in [5, 5.41) is 7.13. The average molecular weight is 210 g/mol. The highest BCUT2D eigenvalue weighted by atomic mass is 32.2. The maximum atomic E-state index is 6.98. The molecule has 4 heteroatoms. The first-order valence-electron chi connectivity index (χ1n) is 4.37. The van der Waals surface area contributed by atoms with Gasteiger partial charge in [0.15, 0.2) is 5.17 Å². The highest BCUT2D eigenvalue weighted by Crippen LogP contribution is 2.02. The predicted octanol–water partition coefficient (Wildman–Crippen LogP) is 1.83. The van der Waals surface area contributed by atoms with E-state index in [0.29, 0.717) is 13.2 Å². The molecule has 0 unspecified atom stereocenters. The zero-order valence-corrected chi connectivity index (χ0v) is 8.72. The van der Waals surface area contributed by atoms with E-state index in [0.717, 1.165) is 5.75 Å². The van der Waals surface area contributed by atoms with Crippen molar-refractivity contribution in [3.05, 3.63) is 35.9 Å². The summed E-state index contributed by atoms with van der Waals surface area (Å²) >= 11 is 1.30. The lowest BCUT2D eigenvalue weighted by atomic mass is 10.2. The molecule has 0 bridgehead atoms. The van der Waals surface area contributed by atoms with Crippen molar-refractivity contribution >= 4 is 16.9 Å². The summed E-state index contributed by atoms with van der Waals surface area (Å²) < 4.78 is 5.40. The van der Waals surface area contributed by atoms with E-state index in [1.54, 1.807) is 0 Å². The zero-order valence-electron chi connectivity index (χ0n) is 7.90. The van der Waals surface area contributed by atoms with Gasteiger partial charge in [0.05, 0.1) is 13.2 Å². The third-order valence-electron chi connectivity index (χ3n) is 1.60. The van der Waals surface area contributed by atoms with Crippen LogP contribution in [0.15, 0.2) is 30.3 Å². The van der Waals surface area contributed by atoms with Crippen LogP contribution in [0.1, 0.15) is 5.56 Å². The summed E-state index contributed by atoms with van der Waals surface area (Å²) in [6, 6.07) is 10.0. The molecule has 0 atom stereocenters. The van der Waals surface area contributed by atoms with Crippen molar-refractivity contribution in [2.24, 2.45) is 5.73 Å². The summed E-state index contributed by atoms with van der Waals surface area (Å²) in [6.45, 7) is 1.25. The fourth-order valence-electron chi connectivity index (χ4n) is 0.975. The van der Waals surface area contributed by atoms with Crippen LogP contribution in [0.3, 0.4) is 0 Å². The molecule has 0 saturated carbocycles. The Labute approximate surface area is 88.2 Å². The quantitative estimate of drug-likeness (QED) is 0.443. The van der Waals surface area contributed by atoms with Gasteiger partial charge in [-0.1, -0.05) is 42.1 Å². The average Bonchev–Trinajstić information content (AvgIpc) is 2.18. The minimum Gasteiger partial charge on any atom is -0.379 e. The van der Waals surface area contributed by atoms with Crippen LogP contribution in [0.25, 0.3) is 0 Å². The Morgan fingerprint density at radius 1 is 1.36 bits per heavy atom. The number of thioether (sulfide) groups is 1. The van der Waals surface area contributed by atoms with Gasteiger partial charge in [-0.25, -0.2) is 0 Å². The number of hydrogen-bond donors (Lipinski definition) is 2. The molecule has 1 aromatic rings. The molecule has 0 amide bonds. The van der Waals surface area contributed by atoms with E-state index in [2.05, 4.69) is 0 Å². The van der Waals surface area contributed by atoms with Crippen molar-refractivity contribution in [1.29, 1.82) is 5.41 Å². The van der Waals surface area contributed by atoms with Gasteiger partial charge in [-0.05, 0) is 5.56 Å². The van der Waals surface area contributed by atoms with E-state index in [1.807, 2.05) is 30.3 Å². The van der Waals surface area contributed by atoms with E-state index in [4.69, 9.17) is 15.9 Å². The Morgan fingerprint density at radius 3 is 2.71 bits per heavy atom. The smallest absolute Gasteiger partial charge is 0.151 e. The number of rotatable bonds is 5. The predicted molar refractivity (Wildman–Crippen MR) is 60.5 cm³/mol. The first-order chi connectivity index (χ1) is 6.79. The fourth-order valence-corrected chi connectivity index (χ4v) is 1.40. The molecule has 0 saturated heterocycles. The number of amidine groups is 1. The molecule has 1 rings (SSSR count). The molecule has 0 radical (unpaired) electrons. The van der Waals surface area contributed by atoms with Crippen molar-refractivity contribution in [2.45, 2.75) is 6.61 Å². The lowest BCUT2D eigenvalue weighted by Crippen LogP contribution is -2.07. The topological polar surface area (TPSA) is 59.1 Å². The first kappa shape index (κ1) is 11.1. The molecule has 0 aliphatic heterocycles. The molecular weight excluding hydrogens is 196 g/mol. The van der Waals surface area contributed by atoms with E-state index in [1.165, 1.54) is 17.3 Å². The first-order valence-corrected chi connectivity index (χ1v) is 5.36. The van der Waals surface area contributed by atoms with Gasteiger partial charge in [-0.3, -0.25) is 5.41 Å². The summed E-state index contributed by atoms with van der Waals surface area (Å²) in [5.41, 5.74) is 6.34. The van der Waals surface area contributed by atoms with Crippen molar-refractivity contribution < 1.29 is 4.74 Å². The van der Waals surface area contributed by atoms with Crippen LogP contribution in [0.4, 0.5) is 0 Å². The van der Waals surface area contributed by atoms with Gasteiger partial charge < -0.3 is 10.5 Å². The lowest BCUT2D eigenvalue weighted by molar-refractivity contribution is 0.136. The van der Waals surface area contributed by atoms with E-state index >= 15 is 0 Å². The van der Waals surface area contributed by atoms with Crippen LogP contribution in [0, 0.1) is 5.41 Å². The van der Waals surface area contributed by atoms with E-state index < -0.39 is 0 Å². The summed E-state index contributed by atoms with van der Waals surface area (Å²) in [4.78, 5) is 0. The van der Waals surface area contributed by atoms with Gasteiger partial charge in [-0.15, -0.1) is 0 Å². The minimum atomic E-state index is 0.147. The maximum absolute atomic E-state index is 6.98. The minimum absolute atomic E-state index is 0.147. The number of ether oxygens (including phenoxy) is 1. The van der Waals surface area contributed by atoms with Crippen LogP contribution < -0.4 is 5.73 Å². The molecule has 0 aromatic heterocycles. The number of nitrogens with two attached hydrogens (primary N) is 1. The van der Waals surface area contributed by atoms with Gasteiger partial charge in [0.25, 0.3) is 0 Å². The molecular formula is C10H14N2OS. The summed E-state index contributed by atoms with van der Waals surface area (Å²) in [7, 11) is 0. The molecule has 0 fully saturated rings. The van der Waals surface area contributed by atoms with Crippen LogP contribution in [-0.2, 0) is 11.3 Å². The monoisotopic (exact) mass is 210 g/mol. The molecule has 0 spiro atoms. The van der Waals surface area contributed by atoms with Gasteiger partial charge in [0.1, 0.15) is 0 Å². The number of benzene rings is 1. The van der Waals surface area contributed by atoms with Crippen LogP contribution in [-0.4, -0.2) is 17.5 Å². The van der Waals surface area contributed by atoms with Gasteiger partial charge in [0.2, 0.25) is 0 Å². The third kappa shape index (κ3) is 4.89. The van der Waals surface area contributed by atoms with Gasteiger partial charge in [-0.2, -0.15) is 0 Å². The molecule has 14 heavy (non-hydrogen) atoms. The molecule has 0 aliphatic rings. The van der Waals surface area contributed by atoms with Gasteiger partial charge >= 0.3 is 0 Å². The second kappa shape index (κ2) is 6.45. The highest BCUT2D eigenvalue weighted by Gasteiger charge is 1.93. The molecule has 0 aliphatic carbocycles. The molecule has 76 valence electrons. The van der Waals surface area contributed by atoms with Crippen molar-refractivity contribution in [1.82, 2.24) is 0 Å². The lowest BCUT2D eigenvalue weighted by Gasteiger charge is -2.03. The fraction of sp³-hybridized carbons (Fsp3) is 0.300. The van der Waals surface area contributed by atoms with Crippen LogP contribution >= 0.6 is 11.8 Å². The van der Waals surface area contributed by atoms with E-state index in [9.17, 15) is 0 Å². The highest BCUT2D eigenvalue weighted by molar-refractivity contribution is 8.13. The standard InChI is InChI=1S/C10H14N2OS/c11-10(12)14-7-6-13-8-9-4-2-1-3-5-9/h1-5H,6-8H2,(H3,11,12). The molecule has 3 nitrogen and oxygen atoms in total. The number of nitrogens with one attached hydrogen (secondary N) is 1. The second-order valence-corrected chi connectivity index (χ2v) is 3.89. The molecule has 3 N–H and O–H groups in total. The van der Waals surface area contributed by atoms with Crippen LogP contribution in [0.5, 0.6) is 0 Å². The van der Waals surface area contributed by atoms with Crippen LogP contribution in [0.2, 0.25) is 0 Å². The normalized spacial score (nSPS) is 10.0. The van der Waals surface area contributed by atoms with Crippen molar-refractivity contribution in [2.75, 3.05) is 12.4 Å². The van der Waals surface area contributed by atoms with Gasteiger partial charge in [0, 0.05) is 5.75 Å². The third-order valence-corrected chi connectivity index (χ3v) is 2.28. The zero-order chi connectivity index (χ0) is 10.2. The Balaban J connectivity index is 2.08. The summed E-state index contributed by atoms with van der Waals surface area (Å²) in [5.74, 6) is 0.738. The Hall–Kier alpha value is -1.00.